The van der Waals surface area contributed by atoms with Gasteiger partial charge in [-0.2, -0.15) is 0 Å². The summed E-state index contributed by atoms with van der Waals surface area (Å²) >= 11 is 2.11. The van der Waals surface area contributed by atoms with Crippen molar-refractivity contribution in [1.29, 1.82) is 0 Å². The number of likely N-dealkylation sites (tertiary alicyclic amines) is 1. The average molecular weight is 478 g/mol. The van der Waals surface area contributed by atoms with Crippen molar-refractivity contribution < 1.29 is 5.11 Å². The minimum atomic E-state index is -0.203. The molecule has 0 amide bonds. The van der Waals surface area contributed by atoms with Crippen molar-refractivity contribution in [2.45, 2.75) is 152 Å². The van der Waals surface area contributed by atoms with E-state index in [1.165, 1.54) is 141 Å². The summed E-state index contributed by atoms with van der Waals surface area (Å²) in [5.41, 5.74) is 0. The first-order chi connectivity index (χ1) is 16.2. The first kappa shape index (κ1) is 26.3. The van der Waals surface area contributed by atoms with Gasteiger partial charge in [0.1, 0.15) is 6.23 Å². The summed E-state index contributed by atoms with van der Waals surface area (Å²) in [4.78, 5) is 2.84. The minimum Gasteiger partial charge on any atom is -0.378 e. The molecule has 33 heavy (non-hydrogen) atoms. The van der Waals surface area contributed by atoms with Crippen LogP contribution in [0, 0.1) is 23.7 Å². The number of aliphatic hydroxyl groups is 1. The molecule has 0 radical (unpaired) electrons. The summed E-state index contributed by atoms with van der Waals surface area (Å²) in [6.07, 6.45) is 33.2. The molecule has 1 aliphatic heterocycles. The number of nitrogens with zero attached hydrogens (tertiary/aromatic N) is 1. The molecule has 0 bridgehead atoms. The van der Waals surface area contributed by atoms with E-state index in [2.05, 4.69) is 22.9 Å². The van der Waals surface area contributed by atoms with Gasteiger partial charge in [0.2, 0.25) is 0 Å². The lowest BCUT2D eigenvalue weighted by atomic mass is 9.73. The Balaban J connectivity index is 1.37. The van der Waals surface area contributed by atoms with Crippen LogP contribution in [0.4, 0.5) is 0 Å². The first-order valence-corrected chi connectivity index (χ1v) is 16.5. The van der Waals surface area contributed by atoms with Gasteiger partial charge in [0.05, 0.1) is 4.87 Å². The molecule has 3 heteroatoms. The van der Waals surface area contributed by atoms with Gasteiger partial charge in [0.25, 0.3) is 0 Å². The van der Waals surface area contributed by atoms with E-state index in [0.29, 0.717) is 5.92 Å². The molecule has 0 aromatic rings. The molecule has 1 heterocycles. The van der Waals surface area contributed by atoms with E-state index in [4.69, 9.17) is 0 Å². The second-order valence-corrected chi connectivity index (χ2v) is 13.4. The maximum atomic E-state index is 11.7. The van der Waals surface area contributed by atoms with Gasteiger partial charge in [0.15, 0.2) is 0 Å². The standard InChI is InChI=1S/C30H55NOS/c1-33-30(23-14-24-31(30)29(32)27-17-10-6-3-7-11-18-27)28-21-12-19-26(20-13-22-28)25-15-8-4-2-5-9-16-25/h25-29,32H,2-24H2,1H3. The van der Waals surface area contributed by atoms with Crippen LogP contribution in [0.3, 0.4) is 0 Å². The third-order valence-corrected chi connectivity index (χ3v) is 11.9. The van der Waals surface area contributed by atoms with Crippen LogP contribution in [0.15, 0.2) is 0 Å². The summed E-state index contributed by atoms with van der Waals surface area (Å²) in [6.45, 7) is 1.12. The van der Waals surface area contributed by atoms with Gasteiger partial charge in [-0.05, 0) is 68.5 Å². The van der Waals surface area contributed by atoms with E-state index in [0.717, 1.165) is 24.3 Å². The molecule has 4 aliphatic rings. The Morgan fingerprint density at radius 1 is 0.636 bits per heavy atom. The molecule has 2 unspecified atom stereocenters. The number of hydrogen-bond acceptors (Lipinski definition) is 3. The Labute approximate surface area is 210 Å². The Hall–Kier alpha value is 0.270. The lowest BCUT2D eigenvalue weighted by molar-refractivity contribution is -0.0773. The SMILES string of the molecule is CSC1(C2CCCC(C3CCCCCCC3)CCC2)CCCN1C(O)C1CCCCCCC1. The molecule has 0 aromatic carbocycles. The van der Waals surface area contributed by atoms with Crippen molar-refractivity contribution in [3.05, 3.63) is 0 Å². The van der Waals surface area contributed by atoms with Gasteiger partial charge in [0, 0.05) is 6.54 Å². The minimum absolute atomic E-state index is 0.203. The van der Waals surface area contributed by atoms with E-state index < -0.39 is 0 Å². The smallest absolute Gasteiger partial charge is 0.111 e. The van der Waals surface area contributed by atoms with Crippen molar-refractivity contribution in [3.63, 3.8) is 0 Å². The normalized spacial score (nSPS) is 36.2. The second-order valence-electron chi connectivity index (χ2n) is 12.3. The predicted octanol–water partition coefficient (Wildman–Crippen LogP) is 8.77. The van der Waals surface area contributed by atoms with E-state index in [1.54, 1.807) is 0 Å². The highest BCUT2D eigenvalue weighted by Crippen LogP contribution is 2.51. The third-order valence-electron chi connectivity index (χ3n) is 10.4. The molecule has 4 fully saturated rings. The maximum absolute atomic E-state index is 11.7. The topological polar surface area (TPSA) is 23.5 Å². The monoisotopic (exact) mass is 477 g/mol. The van der Waals surface area contributed by atoms with Gasteiger partial charge in [-0.1, -0.05) is 103 Å². The Kier molecular flexibility index (Phi) is 10.8. The van der Waals surface area contributed by atoms with Crippen molar-refractivity contribution in [3.8, 4) is 0 Å². The van der Waals surface area contributed by atoms with Crippen molar-refractivity contribution in [1.82, 2.24) is 4.90 Å². The number of hydrogen-bond donors (Lipinski definition) is 1. The molecule has 192 valence electrons. The quantitative estimate of drug-likeness (QED) is 0.428. The molecule has 1 saturated heterocycles. The highest BCUT2D eigenvalue weighted by molar-refractivity contribution is 7.99. The van der Waals surface area contributed by atoms with Crippen LogP contribution in [-0.4, -0.2) is 33.9 Å². The summed E-state index contributed by atoms with van der Waals surface area (Å²) in [5, 5.41) is 11.7. The molecule has 3 saturated carbocycles. The van der Waals surface area contributed by atoms with Crippen LogP contribution in [0.2, 0.25) is 0 Å². The van der Waals surface area contributed by atoms with E-state index >= 15 is 0 Å². The Bertz CT molecular complexity index is 529. The van der Waals surface area contributed by atoms with Crippen LogP contribution in [-0.2, 0) is 0 Å². The molecular formula is C30H55NOS. The number of rotatable bonds is 5. The summed E-state index contributed by atoms with van der Waals surface area (Å²) < 4.78 is 0. The number of aliphatic hydroxyl groups excluding tert-OH is 1. The van der Waals surface area contributed by atoms with Gasteiger partial charge in [-0.15, -0.1) is 11.8 Å². The van der Waals surface area contributed by atoms with Crippen molar-refractivity contribution >= 4 is 11.8 Å². The molecule has 1 N–H and O–H groups in total. The van der Waals surface area contributed by atoms with Gasteiger partial charge in [-0.25, -0.2) is 0 Å². The van der Waals surface area contributed by atoms with Crippen LogP contribution in [0.5, 0.6) is 0 Å². The lowest BCUT2D eigenvalue weighted by Crippen LogP contribution is -2.54. The molecule has 2 atom stereocenters. The molecule has 4 rings (SSSR count). The Morgan fingerprint density at radius 2 is 1.12 bits per heavy atom. The summed E-state index contributed by atoms with van der Waals surface area (Å²) in [5.74, 6) is 3.32. The maximum Gasteiger partial charge on any atom is 0.111 e. The predicted molar refractivity (Wildman–Crippen MR) is 144 cm³/mol. The fraction of sp³-hybridized carbons (Fsp3) is 1.00. The van der Waals surface area contributed by atoms with Crippen LogP contribution < -0.4 is 0 Å². The van der Waals surface area contributed by atoms with E-state index in [1.807, 2.05) is 0 Å². The highest BCUT2D eigenvalue weighted by Gasteiger charge is 2.49. The summed E-state index contributed by atoms with van der Waals surface area (Å²) in [6, 6.07) is 0. The second kappa shape index (κ2) is 13.5. The Morgan fingerprint density at radius 3 is 1.67 bits per heavy atom. The van der Waals surface area contributed by atoms with Gasteiger partial charge >= 0.3 is 0 Å². The fourth-order valence-electron chi connectivity index (χ4n) is 8.48. The fourth-order valence-corrected chi connectivity index (χ4v) is 9.83. The number of thioether (sulfide) groups is 1. The largest absolute Gasteiger partial charge is 0.378 e. The van der Waals surface area contributed by atoms with Crippen molar-refractivity contribution in [2.75, 3.05) is 12.8 Å². The van der Waals surface area contributed by atoms with Gasteiger partial charge < -0.3 is 5.11 Å². The zero-order valence-electron chi connectivity index (χ0n) is 22.0. The zero-order valence-corrected chi connectivity index (χ0v) is 22.8. The average Bonchev–Trinajstić information content (AvgIpc) is 3.19. The van der Waals surface area contributed by atoms with Crippen LogP contribution >= 0.6 is 11.8 Å². The van der Waals surface area contributed by atoms with E-state index in [9.17, 15) is 5.11 Å². The lowest BCUT2D eigenvalue weighted by Gasteiger charge is -2.48. The van der Waals surface area contributed by atoms with Crippen LogP contribution in [0.1, 0.15) is 141 Å². The molecule has 3 aliphatic carbocycles. The zero-order chi connectivity index (χ0) is 22.9. The van der Waals surface area contributed by atoms with Crippen LogP contribution in [0.25, 0.3) is 0 Å². The summed E-state index contributed by atoms with van der Waals surface area (Å²) in [7, 11) is 0. The highest BCUT2D eigenvalue weighted by atomic mass is 32.2. The molecule has 0 aromatic heterocycles. The molecule has 0 spiro atoms. The van der Waals surface area contributed by atoms with Crippen molar-refractivity contribution in [2.24, 2.45) is 23.7 Å². The molecule has 2 nitrogen and oxygen atoms in total. The first-order valence-electron chi connectivity index (χ1n) is 15.2. The third kappa shape index (κ3) is 6.73. The van der Waals surface area contributed by atoms with E-state index in [-0.39, 0.29) is 11.1 Å². The molecular weight excluding hydrogens is 422 g/mol. The van der Waals surface area contributed by atoms with Gasteiger partial charge in [-0.3, -0.25) is 4.90 Å².